The first-order valence-electron chi connectivity index (χ1n) is 5.66. The van der Waals surface area contributed by atoms with Gasteiger partial charge in [-0.05, 0) is 0 Å². The van der Waals surface area contributed by atoms with Crippen LogP contribution >= 0.6 is 0 Å². The molecule has 0 bridgehead atoms. The zero-order valence-electron chi connectivity index (χ0n) is 10.2. The molecular formula is C14H15Cl2OTi. The maximum atomic E-state index is 5.78. The Bertz CT molecular complexity index is 441. The molecule has 0 heterocycles. The van der Waals surface area contributed by atoms with Crippen molar-refractivity contribution in [3.8, 4) is 5.75 Å². The minimum absolute atomic E-state index is 0. The zero-order valence-corrected chi connectivity index (χ0v) is 13.3. The zero-order chi connectivity index (χ0) is 11.4. The molecule has 0 saturated heterocycles. The van der Waals surface area contributed by atoms with Crippen LogP contribution in [0.5, 0.6) is 5.75 Å². The van der Waals surface area contributed by atoms with E-state index in [4.69, 9.17) is 4.74 Å². The van der Waals surface area contributed by atoms with E-state index in [2.05, 4.69) is 57.7 Å². The van der Waals surface area contributed by atoms with Gasteiger partial charge in [-0.15, -0.1) is 0 Å². The molecule has 0 radical (unpaired) electrons. The molecular weight excluding hydrogens is 303 g/mol. The van der Waals surface area contributed by atoms with Gasteiger partial charge in [0.15, 0.2) is 0 Å². The maximum Gasteiger partial charge on any atom is -1.00 e. The molecule has 95 valence electrons. The Balaban J connectivity index is 0.00000144. The van der Waals surface area contributed by atoms with Crippen LogP contribution < -0.4 is 29.6 Å². The molecule has 2 rings (SSSR count). The van der Waals surface area contributed by atoms with Gasteiger partial charge in [0.05, 0.1) is 0 Å². The molecule has 0 N–H and O–H groups in total. The minimum atomic E-state index is 0. The third-order valence-electron chi connectivity index (χ3n) is 2.57. The van der Waals surface area contributed by atoms with E-state index < -0.39 is 0 Å². The number of allylic oxidation sites excluding steroid dienone is 4. The number of para-hydroxylation sites is 1. The minimum Gasteiger partial charge on any atom is -1.00 e. The Labute approximate surface area is 133 Å². The number of halogens is 2. The summed E-state index contributed by atoms with van der Waals surface area (Å²) >= 11 is 2.19. The molecule has 0 aromatic heterocycles. The molecule has 18 heavy (non-hydrogen) atoms. The second-order valence-electron chi connectivity index (χ2n) is 3.84. The number of ether oxygens (including phenoxy) is 1. The molecule has 0 aliphatic heterocycles. The van der Waals surface area contributed by atoms with Crippen molar-refractivity contribution in [3.63, 3.8) is 0 Å². The normalized spacial score (nSPS) is 13.1. The van der Waals surface area contributed by atoms with Crippen molar-refractivity contribution >= 4 is 5.57 Å². The molecule has 1 aliphatic rings. The predicted molar refractivity (Wildman–Crippen MR) is 62.9 cm³/mol. The third-order valence-corrected chi connectivity index (χ3v) is 3.31. The number of hydrogen-bond donors (Lipinski definition) is 0. The van der Waals surface area contributed by atoms with E-state index in [0.717, 1.165) is 25.2 Å². The van der Waals surface area contributed by atoms with E-state index in [-0.39, 0.29) is 24.8 Å². The van der Waals surface area contributed by atoms with Gasteiger partial charge in [0.2, 0.25) is 0 Å². The average molecular weight is 318 g/mol. The average Bonchev–Trinajstić information content (AvgIpc) is 2.73. The van der Waals surface area contributed by atoms with Gasteiger partial charge in [-0.3, -0.25) is 0 Å². The summed E-state index contributed by atoms with van der Waals surface area (Å²) in [5, 5.41) is 0. The quantitative estimate of drug-likeness (QED) is 0.568. The van der Waals surface area contributed by atoms with Crippen LogP contribution in [0, 0.1) is 0 Å². The molecule has 0 amide bonds. The molecule has 0 spiro atoms. The van der Waals surface area contributed by atoms with Crippen LogP contribution in [0.2, 0.25) is 0 Å². The van der Waals surface area contributed by atoms with Crippen molar-refractivity contribution in [2.24, 2.45) is 0 Å². The monoisotopic (exact) mass is 317 g/mol. The van der Waals surface area contributed by atoms with E-state index >= 15 is 0 Å². The van der Waals surface area contributed by atoms with Gasteiger partial charge in [0, 0.05) is 0 Å². The summed E-state index contributed by atoms with van der Waals surface area (Å²) < 4.78 is 7.20. The van der Waals surface area contributed by atoms with Crippen LogP contribution in [-0.4, -0.2) is 6.61 Å². The summed E-state index contributed by atoms with van der Waals surface area (Å²) in [5.74, 6) is 1.00. The molecule has 1 nitrogen and oxygen atoms in total. The molecule has 1 aromatic rings. The summed E-state index contributed by atoms with van der Waals surface area (Å²) in [6.45, 7) is 2.91. The summed E-state index contributed by atoms with van der Waals surface area (Å²) in [4.78, 5) is 0. The van der Waals surface area contributed by atoms with Crippen molar-refractivity contribution < 1.29 is 50.0 Å². The molecule has 1 aromatic carbocycles. The first kappa shape index (κ1) is 17.8. The molecule has 4 heteroatoms. The predicted octanol–water partition coefficient (Wildman–Crippen LogP) is -2.30. The van der Waals surface area contributed by atoms with Gasteiger partial charge in [0.25, 0.3) is 0 Å². The Hall–Kier alpha value is -0.206. The van der Waals surface area contributed by atoms with Crippen LogP contribution in [0.25, 0.3) is 5.57 Å². The van der Waals surface area contributed by atoms with Crippen molar-refractivity contribution in [2.75, 3.05) is 6.61 Å². The van der Waals surface area contributed by atoms with E-state index in [0.29, 0.717) is 0 Å². The van der Waals surface area contributed by atoms with Crippen LogP contribution in [0.4, 0.5) is 0 Å². The number of rotatable bonds is 4. The van der Waals surface area contributed by atoms with E-state index in [1.165, 1.54) is 15.0 Å². The number of hydrogen-bond acceptors (Lipinski definition) is 1. The third kappa shape index (κ3) is 4.17. The van der Waals surface area contributed by atoms with Gasteiger partial charge >= 0.3 is 109 Å². The molecule has 0 fully saturated rings. The fourth-order valence-electron chi connectivity index (χ4n) is 1.78. The Morgan fingerprint density at radius 3 is 2.56 bits per heavy atom. The SMILES string of the molecule is CCCOc1ccccc1C1=[C]([Ti+2])CC=C1.[Cl-].[Cl-]. The molecule has 1 aliphatic carbocycles. The van der Waals surface area contributed by atoms with Gasteiger partial charge in [0.1, 0.15) is 0 Å². The van der Waals surface area contributed by atoms with Gasteiger partial charge in [-0.1, -0.05) is 0 Å². The van der Waals surface area contributed by atoms with Gasteiger partial charge in [-0.2, -0.15) is 0 Å². The Morgan fingerprint density at radius 2 is 1.94 bits per heavy atom. The fraction of sp³-hybridized carbons (Fsp3) is 0.286. The van der Waals surface area contributed by atoms with Crippen molar-refractivity contribution in [2.45, 2.75) is 19.8 Å². The van der Waals surface area contributed by atoms with Crippen molar-refractivity contribution in [1.82, 2.24) is 0 Å². The van der Waals surface area contributed by atoms with Crippen LogP contribution in [-0.2, 0) is 20.4 Å². The summed E-state index contributed by atoms with van der Waals surface area (Å²) in [6.07, 6.45) is 6.52. The maximum absolute atomic E-state index is 5.78. The molecule has 0 saturated carbocycles. The number of benzene rings is 1. The van der Waals surface area contributed by atoms with Gasteiger partial charge < -0.3 is 24.8 Å². The topological polar surface area (TPSA) is 9.23 Å². The van der Waals surface area contributed by atoms with Crippen LogP contribution in [0.3, 0.4) is 0 Å². The summed E-state index contributed by atoms with van der Waals surface area (Å²) in [5.41, 5.74) is 2.55. The molecule has 0 unspecified atom stereocenters. The van der Waals surface area contributed by atoms with E-state index in [9.17, 15) is 0 Å². The van der Waals surface area contributed by atoms with Crippen LogP contribution in [0.15, 0.2) is 40.3 Å². The molecule has 0 atom stereocenters. The smallest absolute Gasteiger partial charge is 1.00 e. The summed E-state index contributed by atoms with van der Waals surface area (Å²) in [7, 11) is 0. The summed E-state index contributed by atoms with van der Waals surface area (Å²) in [6, 6.07) is 8.29. The van der Waals surface area contributed by atoms with E-state index in [1.54, 1.807) is 0 Å². The fourth-order valence-corrected chi connectivity index (χ4v) is 2.31. The van der Waals surface area contributed by atoms with Crippen molar-refractivity contribution in [1.29, 1.82) is 0 Å². The van der Waals surface area contributed by atoms with Gasteiger partial charge in [-0.25, -0.2) is 0 Å². The van der Waals surface area contributed by atoms with Crippen molar-refractivity contribution in [3.05, 3.63) is 45.9 Å². The largest absolute Gasteiger partial charge is 1.00 e. The second kappa shape index (κ2) is 8.82. The first-order chi connectivity index (χ1) is 7.83. The van der Waals surface area contributed by atoms with E-state index in [1.807, 2.05) is 6.07 Å². The van der Waals surface area contributed by atoms with Crippen LogP contribution in [0.1, 0.15) is 25.3 Å². The Morgan fingerprint density at radius 1 is 1.22 bits per heavy atom. The first-order valence-corrected chi connectivity index (χ1v) is 6.44. The Kier molecular flexibility index (Phi) is 8.72. The second-order valence-corrected chi connectivity index (χ2v) is 4.79. The standard InChI is InChI=1S/C14H15O.2ClH.Ti/c1-2-11-15-14-10-6-5-9-13(14)12-7-3-4-8-12;;;/h3,5-7,9-10H,2,4,11H2,1H3;2*1H;/q;;;+2/p-2.